The highest BCUT2D eigenvalue weighted by Gasteiger charge is 2.24. The quantitative estimate of drug-likeness (QED) is 0.714. The van der Waals surface area contributed by atoms with Gasteiger partial charge in [-0.3, -0.25) is 19.1 Å². The Morgan fingerprint density at radius 2 is 1.96 bits per heavy atom. The number of para-hydroxylation sites is 1. The largest absolute Gasteiger partial charge is 0.339 e. The molecule has 1 aliphatic rings. The minimum Gasteiger partial charge on any atom is -0.339 e. The van der Waals surface area contributed by atoms with Crippen molar-refractivity contribution in [1.29, 1.82) is 0 Å². The summed E-state index contributed by atoms with van der Waals surface area (Å²) in [7, 11) is 0. The normalized spacial score (nSPS) is 15.2. The smallest absolute Gasteiger partial charge is 0.261 e. The Labute approximate surface area is 155 Å². The number of piperidine rings is 1. The van der Waals surface area contributed by atoms with Crippen molar-refractivity contribution in [2.24, 2.45) is 5.92 Å². The van der Waals surface area contributed by atoms with E-state index in [4.69, 9.17) is 0 Å². The predicted octanol–water partition coefficient (Wildman–Crippen LogP) is 2.48. The van der Waals surface area contributed by atoms with Crippen LogP contribution in [0.1, 0.15) is 23.2 Å². The van der Waals surface area contributed by atoms with Crippen molar-refractivity contribution >= 4 is 16.8 Å². The van der Waals surface area contributed by atoms with Gasteiger partial charge in [0.25, 0.3) is 11.5 Å². The molecule has 1 fully saturated rings. The van der Waals surface area contributed by atoms with E-state index in [0.29, 0.717) is 36.5 Å². The van der Waals surface area contributed by atoms with Gasteiger partial charge in [-0.2, -0.15) is 0 Å². The highest BCUT2D eigenvalue weighted by atomic mass is 19.1. The number of halogens is 1. The zero-order chi connectivity index (χ0) is 18.8. The lowest BCUT2D eigenvalue weighted by Crippen LogP contribution is -2.40. The van der Waals surface area contributed by atoms with Crippen LogP contribution in [0.5, 0.6) is 0 Å². The molecule has 0 saturated carbocycles. The van der Waals surface area contributed by atoms with Crippen LogP contribution in [0.3, 0.4) is 0 Å². The number of hydrogen-bond acceptors (Lipinski definition) is 4. The second-order valence-corrected chi connectivity index (χ2v) is 6.85. The summed E-state index contributed by atoms with van der Waals surface area (Å²) >= 11 is 0. The van der Waals surface area contributed by atoms with Crippen molar-refractivity contribution in [3.63, 3.8) is 0 Å². The highest BCUT2D eigenvalue weighted by Crippen LogP contribution is 2.20. The van der Waals surface area contributed by atoms with Crippen LogP contribution in [0, 0.1) is 11.7 Å². The van der Waals surface area contributed by atoms with E-state index in [1.54, 1.807) is 21.9 Å². The average Bonchev–Trinajstić information content (AvgIpc) is 2.70. The molecule has 0 aliphatic carbocycles. The number of nitrogens with zero attached hydrogens (tertiary/aromatic N) is 4. The van der Waals surface area contributed by atoms with Crippen LogP contribution in [-0.2, 0) is 6.54 Å². The van der Waals surface area contributed by atoms with E-state index >= 15 is 0 Å². The number of hydrogen-bond donors (Lipinski definition) is 0. The van der Waals surface area contributed by atoms with Crippen molar-refractivity contribution in [3.8, 4) is 0 Å². The number of fused-ring (bicyclic) bond motifs is 1. The van der Waals surface area contributed by atoms with Gasteiger partial charge in [0.15, 0.2) is 0 Å². The molecule has 7 heteroatoms. The Balaban J connectivity index is 1.42. The topological polar surface area (TPSA) is 68.1 Å². The third-order valence-corrected chi connectivity index (χ3v) is 5.04. The molecular weight excluding hydrogens is 347 g/mol. The van der Waals surface area contributed by atoms with Crippen LogP contribution in [0.2, 0.25) is 0 Å². The molecule has 1 aliphatic heterocycles. The van der Waals surface area contributed by atoms with Crippen LogP contribution in [-0.4, -0.2) is 38.4 Å². The van der Waals surface area contributed by atoms with Crippen molar-refractivity contribution in [2.75, 3.05) is 13.1 Å². The highest BCUT2D eigenvalue weighted by molar-refractivity contribution is 5.93. The summed E-state index contributed by atoms with van der Waals surface area (Å²) in [4.78, 5) is 34.9. The van der Waals surface area contributed by atoms with E-state index in [2.05, 4.69) is 9.97 Å². The van der Waals surface area contributed by atoms with E-state index in [9.17, 15) is 14.0 Å². The van der Waals surface area contributed by atoms with Gasteiger partial charge in [-0.25, -0.2) is 9.37 Å². The van der Waals surface area contributed by atoms with Gasteiger partial charge in [0, 0.05) is 25.8 Å². The first-order valence-corrected chi connectivity index (χ1v) is 8.96. The van der Waals surface area contributed by atoms with Gasteiger partial charge in [-0.15, -0.1) is 0 Å². The summed E-state index contributed by atoms with van der Waals surface area (Å²) in [6.45, 7) is 1.74. The SMILES string of the molecule is O=C(c1cncc(F)c1)N1CCC(Cn2cnc3ccccc3c2=O)CC1. The Bertz CT molecular complexity index is 1040. The molecule has 1 aromatic carbocycles. The fraction of sp³-hybridized carbons (Fsp3) is 0.300. The number of benzene rings is 1. The molecule has 0 bridgehead atoms. The number of rotatable bonds is 3. The monoisotopic (exact) mass is 366 g/mol. The number of pyridine rings is 1. The second kappa shape index (κ2) is 7.26. The predicted molar refractivity (Wildman–Crippen MR) is 98.8 cm³/mol. The molecule has 27 heavy (non-hydrogen) atoms. The lowest BCUT2D eigenvalue weighted by molar-refractivity contribution is 0.0681. The number of carbonyl (C=O) groups excluding carboxylic acids is 1. The Hall–Kier alpha value is -3.09. The van der Waals surface area contributed by atoms with Gasteiger partial charge in [-0.1, -0.05) is 12.1 Å². The number of aromatic nitrogens is 3. The minimum absolute atomic E-state index is 0.0371. The minimum atomic E-state index is -0.515. The lowest BCUT2D eigenvalue weighted by atomic mass is 9.96. The summed E-state index contributed by atoms with van der Waals surface area (Å²) in [5.41, 5.74) is 0.927. The summed E-state index contributed by atoms with van der Waals surface area (Å²) in [5, 5.41) is 0.617. The van der Waals surface area contributed by atoms with Gasteiger partial charge >= 0.3 is 0 Å². The molecule has 2 aromatic heterocycles. The third kappa shape index (κ3) is 3.58. The molecule has 0 N–H and O–H groups in total. The number of amides is 1. The summed E-state index contributed by atoms with van der Waals surface area (Å²) in [6.07, 6.45) is 5.64. The second-order valence-electron chi connectivity index (χ2n) is 6.85. The van der Waals surface area contributed by atoms with Gasteiger partial charge in [0.1, 0.15) is 5.82 Å². The standard InChI is InChI=1S/C20H19FN4O2/c21-16-9-15(10-22-11-16)19(26)24-7-5-14(6-8-24)12-25-13-23-18-4-2-1-3-17(18)20(25)27/h1-4,9-11,13-14H,5-8,12H2. The van der Waals surface area contributed by atoms with Crippen LogP contribution < -0.4 is 5.56 Å². The van der Waals surface area contributed by atoms with E-state index in [0.717, 1.165) is 19.0 Å². The average molecular weight is 366 g/mol. The number of carbonyl (C=O) groups is 1. The zero-order valence-corrected chi connectivity index (χ0v) is 14.7. The maximum absolute atomic E-state index is 13.3. The summed E-state index contributed by atoms with van der Waals surface area (Å²) in [5.74, 6) is -0.427. The maximum Gasteiger partial charge on any atom is 0.261 e. The first-order valence-electron chi connectivity index (χ1n) is 8.96. The first kappa shape index (κ1) is 17.3. The molecule has 0 unspecified atom stereocenters. The molecule has 3 aromatic rings. The number of likely N-dealkylation sites (tertiary alicyclic amines) is 1. The van der Waals surface area contributed by atoms with Gasteiger partial charge < -0.3 is 4.90 Å². The van der Waals surface area contributed by atoms with Gasteiger partial charge in [0.05, 0.1) is 29.0 Å². The first-order chi connectivity index (χ1) is 13.1. The summed E-state index contributed by atoms with van der Waals surface area (Å²) < 4.78 is 14.9. The molecule has 1 amide bonds. The van der Waals surface area contributed by atoms with E-state index in [-0.39, 0.29) is 17.0 Å². The Kier molecular flexibility index (Phi) is 4.66. The zero-order valence-electron chi connectivity index (χ0n) is 14.7. The van der Waals surface area contributed by atoms with Crippen molar-refractivity contribution in [2.45, 2.75) is 19.4 Å². The van der Waals surface area contributed by atoms with Crippen molar-refractivity contribution < 1.29 is 9.18 Å². The summed E-state index contributed by atoms with van der Waals surface area (Å²) in [6, 6.07) is 8.52. The fourth-order valence-corrected chi connectivity index (χ4v) is 3.54. The molecule has 138 valence electrons. The molecule has 3 heterocycles. The van der Waals surface area contributed by atoms with E-state index < -0.39 is 5.82 Å². The van der Waals surface area contributed by atoms with E-state index in [1.165, 1.54) is 12.3 Å². The molecule has 4 rings (SSSR count). The van der Waals surface area contributed by atoms with Crippen LogP contribution in [0.25, 0.3) is 10.9 Å². The Morgan fingerprint density at radius 3 is 2.74 bits per heavy atom. The van der Waals surface area contributed by atoms with Gasteiger partial charge in [-0.05, 0) is 37.0 Å². The van der Waals surface area contributed by atoms with Crippen LogP contribution >= 0.6 is 0 Å². The lowest BCUT2D eigenvalue weighted by Gasteiger charge is -2.32. The van der Waals surface area contributed by atoms with E-state index in [1.807, 2.05) is 18.2 Å². The van der Waals surface area contributed by atoms with Gasteiger partial charge in [0.2, 0.25) is 0 Å². The molecule has 1 saturated heterocycles. The van der Waals surface area contributed by atoms with Crippen molar-refractivity contribution in [3.05, 3.63) is 70.8 Å². The third-order valence-electron chi connectivity index (χ3n) is 5.04. The molecule has 0 spiro atoms. The molecular formula is C20H19FN4O2. The van der Waals surface area contributed by atoms with Crippen LogP contribution in [0.4, 0.5) is 4.39 Å². The molecule has 0 radical (unpaired) electrons. The Morgan fingerprint density at radius 1 is 1.19 bits per heavy atom. The van der Waals surface area contributed by atoms with Crippen LogP contribution in [0.15, 0.2) is 53.8 Å². The fourth-order valence-electron chi connectivity index (χ4n) is 3.54. The van der Waals surface area contributed by atoms with Crippen molar-refractivity contribution in [1.82, 2.24) is 19.4 Å². The maximum atomic E-state index is 13.3. The molecule has 6 nitrogen and oxygen atoms in total. The molecule has 0 atom stereocenters.